The minimum Gasteiger partial charge on any atom is -0.478 e. The van der Waals surface area contributed by atoms with E-state index < -0.39 is 11.9 Å². The lowest BCUT2D eigenvalue weighted by Crippen LogP contribution is -2.46. The van der Waals surface area contributed by atoms with Crippen LogP contribution in [0, 0.1) is 0 Å². The third kappa shape index (κ3) is 6.09. The van der Waals surface area contributed by atoms with Gasteiger partial charge in [0.25, 0.3) is 0 Å². The van der Waals surface area contributed by atoms with E-state index in [1.165, 1.54) is 20.2 Å². The highest BCUT2D eigenvalue weighted by Crippen LogP contribution is 2.47. The van der Waals surface area contributed by atoms with E-state index in [-0.39, 0.29) is 0 Å². The topological polar surface area (TPSA) is 81.1 Å². The van der Waals surface area contributed by atoms with E-state index in [0.29, 0.717) is 18.2 Å². The zero-order chi connectivity index (χ0) is 21.7. The molecule has 0 amide bonds. The maximum Gasteiger partial charge on any atom is 0.328 e. The molecule has 2 aliphatic rings. The largest absolute Gasteiger partial charge is 0.478 e. The smallest absolute Gasteiger partial charge is 0.328 e. The van der Waals surface area contributed by atoms with E-state index in [0.717, 1.165) is 36.9 Å². The maximum absolute atomic E-state index is 9.55. The molecule has 0 spiro atoms. The molecule has 0 bridgehead atoms. The van der Waals surface area contributed by atoms with Crippen molar-refractivity contribution in [2.75, 3.05) is 33.2 Å². The molecule has 2 aromatic rings. The van der Waals surface area contributed by atoms with Gasteiger partial charge in [0.1, 0.15) is 0 Å². The van der Waals surface area contributed by atoms with E-state index in [4.69, 9.17) is 21.8 Å². The van der Waals surface area contributed by atoms with Gasteiger partial charge in [-0.1, -0.05) is 41.6 Å². The van der Waals surface area contributed by atoms with Crippen LogP contribution in [0.15, 0.2) is 51.6 Å². The molecular formula is C21H23ClN2O4S2. The fourth-order valence-corrected chi connectivity index (χ4v) is 6.27. The van der Waals surface area contributed by atoms with Gasteiger partial charge in [0.05, 0.1) is 8.55 Å². The number of rotatable bonds is 3. The van der Waals surface area contributed by atoms with Gasteiger partial charge < -0.3 is 15.1 Å². The Bertz CT molecular complexity index is 923. The van der Waals surface area contributed by atoms with Crippen molar-refractivity contribution in [3.8, 4) is 0 Å². The molecule has 30 heavy (non-hydrogen) atoms. The predicted octanol–water partition coefficient (Wildman–Crippen LogP) is 4.11. The average Bonchev–Trinajstić information content (AvgIpc) is 2.99. The summed E-state index contributed by atoms with van der Waals surface area (Å²) < 4.78 is 2.29. The molecule has 9 heteroatoms. The summed E-state index contributed by atoms with van der Waals surface area (Å²) >= 11 is 9.95. The summed E-state index contributed by atoms with van der Waals surface area (Å²) in [6, 6.07) is 11.5. The molecule has 3 heterocycles. The predicted molar refractivity (Wildman–Crippen MR) is 120 cm³/mol. The van der Waals surface area contributed by atoms with Crippen molar-refractivity contribution in [3.63, 3.8) is 0 Å². The Morgan fingerprint density at radius 2 is 1.73 bits per heavy atom. The number of nitrogens with zero attached hydrogens (tertiary/aromatic N) is 2. The molecule has 1 aromatic heterocycles. The van der Waals surface area contributed by atoms with Crippen LogP contribution in [-0.2, 0) is 16.0 Å². The second-order valence-electron chi connectivity index (χ2n) is 7.07. The van der Waals surface area contributed by atoms with Gasteiger partial charge >= 0.3 is 11.9 Å². The Hall–Kier alpha value is -1.84. The van der Waals surface area contributed by atoms with Crippen LogP contribution < -0.4 is 0 Å². The summed E-state index contributed by atoms with van der Waals surface area (Å²) in [4.78, 5) is 25.6. The molecule has 4 rings (SSSR count). The molecule has 1 fully saturated rings. The van der Waals surface area contributed by atoms with Gasteiger partial charge in [-0.3, -0.25) is 4.90 Å². The number of fused-ring (bicyclic) bond motifs is 2. The normalized spacial score (nSPS) is 19.3. The molecule has 160 valence electrons. The molecule has 6 nitrogen and oxygen atoms in total. The summed E-state index contributed by atoms with van der Waals surface area (Å²) in [5.74, 6) is -2.51. The van der Waals surface area contributed by atoms with E-state index >= 15 is 0 Å². The average molecular weight is 467 g/mol. The minimum absolute atomic E-state index is 0.462. The highest BCUT2D eigenvalue weighted by Gasteiger charge is 2.30. The number of carbonyl (C=O) groups is 2. The first-order valence-corrected chi connectivity index (χ1v) is 11.5. The fraction of sp³-hybridized carbons (Fsp3) is 0.333. The van der Waals surface area contributed by atoms with Gasteiger partial charge in [0.15, 0.2) is 0 Å². The number of halogens is 1. The number of aliphatic carboxylic acids is 2. The first kappa shape index (κ1) is 22.8. The second kappa shape index (κ2) is 10.5. The van der Waals surface area contributed by atoms with Crippen molar-refractivity contribution >= 4 is 46.6 Å². The number of hydrogen-bond donors (Lipinski definition) is 2. The summed E-state index contributed by atoms with van der Waals surface area (Å²) in [6.07, 6.45) is 2.21. The molecular weight excluding hydrogens is 444 g/mol. The Morgan fingerprint density at radius 1 is 1.10 bits per heavy atom. The highest BCUT2D eigenvalue weighted by molar-refractivity contribution is 8.01. The Labute approximate surface area is 188 Å². The lowest BCUT2D eigenvalue weighted by Gasteiger charge is -2.38. The number of carboxylic acids is 2. The minimum atomic E-state index is -1.26. The van der Waals surface area contributed by atoms with Crippen molar-refractivity contribution in [1.29, 1.82) is 0 Å². The molecule has 1 saturated heterocycles. The number of benzene rings is 1. The lowest BCUT2D eigenvalue weighted by molar-refractivity contribution is -0.134. The van der Waals surface area contributed by atoms with Crippen LogP contribution in [0.4, 0.5) is 0 Å². The molecule has 1 aromatic carbocycles. The van der Waals surface area contributed by atoms with E-state index in [2.05, 4.69) is 47.2 Å². The van der Waals surface area contributed by atoms with Gasteiger partial charge in [-0.15, -0.1) is 11.3 Å². The quantitative estimate of drug-likeness (QED) is 0.659. The van der Waals surface area contributed by atoms with Gasteiger partial charge in [-0.2, -0.15) is 0 Å². The molecule has 1 atom stereocenters. The van der Waals surface area contributed by atoms with E-state index in [1.807, 2.05) is 11.8 Å². The Morgan fingerprint density at radius 3 is 2.37 bits per heavy atom. The van der Waals surface area contributed by atoms with Crippen molar-refractivity contribution in [2.24, 2.45) is 0 Å². The summed E-state index contributed by atoms with van der Waals surface area (Å²) in [5, 5.41) is 15.6. The van der Waals surface area contributed by atoms with Gasteiger partial charge in [-0.05, 0) is 36.7 Å². The molecule has 0 saturated carbocycles. The van der Waals surface area contributed by atoms with Crippen LogP contribution in [-0.4, -0.2) is 65.2 Å². The van der Waals surface area contributed by atoms with E-state index in [9.17, 15) is 9.59 Å². The van der Waals surface area contributed by atoms with Crippen molar-refractivity contribution < 1.29 is 19.8 Å². The van der Waals surface area contributed by atoms with Crippen LogP contribution >= 0.6 is 34.7 Å². The third-order valence-electron chi connectivity index (χ3n) is 4.99. The summed E-state index contributed by atoms with van der Waals surface area (Å²) in [7, 11) is 2.21. The van der Waals surface area contributed by atoms with Crippen LogP contribution in [0.3, 0.4) is 0 Å². The molecule has 2 aliphatic heterocycles. The zero-order valence-corrected chi connectivity index (χ0v) is 18.8. The van der Waals surface area contributed by atoms with Crippen molar-refractivity contribution in [2.45, 2.75) is 21.6 Å². The number of piperazine rings is 1. The Kier molecular flexibility index (Phi) is 7.96. The first-order valence-electron chi connectivity index (χ1n) is 9.45. The van der Waals surface area contributed by atoms with Crippen LogP contribution in [0.1, 0.15) is 17.2 Å². The third-order valence-corrected chi connectivity index (χ3v) is 7.60. The number of hydrogen-bond acceptors (Lipinski definition) is 6. The van der Waals surface area contributed by atoms with Crippen molar-refractivity contribution in [3.05, 3.63) is 57.9 Å². The zero-order valence-electron chi connectivity index (χ0n) is 16.5. The van der Waals surface area contributed by atoms with Gasteiger partial charge in [-0.25, -0.2) is 9.59 Å². The monoisotopic (exact) mass is 466 g/mol. The number of likely N-dealkylation sites (N-methyl/N-ethyl adjacent to an activating group) is 1. The summed E-state index contributed by atoms with van der Waals surface area (Å²) in [5.41, 5.74) is 2.90. The molecule has 0 aliphatic carbocycles. The first-order chi connectivity index (χ1) is 14.3. The lowest BCUT2D eigenvalue weighted by atomic mass is 9.99. The highest BCUT2D eigenvalue weighted by atomic mass is 35.5. The van der Waals surface area contributed by atoms with Gasteiger partial charge in [0.2, 0.25) is 0 Å². The summed E-state index contributed by atoms with van der Waals surface area (Å²) in [6.45, 7) is 4.58. The fourth-order valence-electron chi connectivity index (χ4n) is 3.46. The molecule has 2 N–H and O–H groups in total. The number of carboxylic acid groups (broad SMARTS) is 2. The SMILES string of the molecule is CN1CCN(C2Cc3ccccc3Sc3sc(Cl)cc32)CC1.O=C(O)/C=C\C(=O)O. The van der Waals surface area contributed by atoms with Crippen LogP contribution in [0.5, 0.6) is 0 Å². The Balaban J connectivity index is 0.000000275. The second-order valence-corrected chi connectivity index (χ2v) is 10.1. The molecule has 0 radical (unpaired) electrons. The van der Waals surface area contributed by atoms with E-state index in [1.54, 1.807) is 11.3 Å². The number of thiophene rings is 1. The van der Waals surface area contributed by atoms with Crippen LogP contribution in [0.2, 0.25) is 4.34 Å². The van der Waals surface area contributed by atoms with Crippen molar-refractivity contribution in [1.82, 2.24) is 9.80 Å². The van der Waals surface area contributed by atoms with Gasteiger partial charge in [0, 0.05) is 49.3 Å². The standard InChI is InChI=1S/C17H19ClN2S2.C4H4O4/c1-19-6-8-20(9-7-19)14-10-12-4-2-3-5-15(12)21-17-13(14)11-16(18)22-17;5-3(6)1-2-4(7)8/h2-5,11,14H,6-10H2,1H3;1-2H,(H,5,6)(H,7,8)/b;2-1-. The van der Waals surface area contributed by atoms with Crippen LogP contribution in [0.25, 0.3) is 0 Å². The maximum atomic E-state index is 9.55. The molecule has 1 unspecified atom stereocenters.